The Morgan fingerprint density at radius 1 is 1.50 bits per heavy atom. The number of halogens is 1. The van der Waals surface area contributed by atoms with Crippen molar-refractivity contribution in [3.8, 4) is 5.75 Å². The maximum absolute atomic E-state index is 12.8. The zero-order valence-electron chi connectivity index (χ0n) is 8.46. The minimum atomic E-state index is -0.509. The van der Waals surface area contributed by atoms with Crippen molar-refractivity contribution in [2.24, 2.45) is 0 Å². The Labute approximate surface area is 83.3 Å². The van der Waals surface area contributed by atoms with Gasteiger partial charge in [-0.15, -0.1) is 0 Å². The molecular formula is C11H15FO2. The van der Waals surface area contributed by atoms with Crippen LogP contribution >= 0.6 is 0 Å². The number of ether oxygens (including phenoxy) is 1. The van der Waals surface area contributed by atoms with Gasteiger partial charge in [-0.25, -0.2) is 4.39 Å². The molecule has 0 saturated heterocycles. The summed E-state index contributed by atoms with van der Waals surface area (Å²) in [4.78, 5) is 0. The number of rotatable bonds is 4. The highest BCUT2D eigenvalue weighted by molar-refractivity contribution is 5.33. The van der Waals surface area contributed by atoms with Crippen LogP contribution in [0.1, 0.15) is 19.4 Å². The summed E-state index contributed by atoms with van der Waals surface area (Å²) in [5.74, 6) is 0.390. The summed E-state index contributed by atoms with van der Waals surface area (Å²) in [6.07, 6.45) is 0.206. The zero-order chi connectivity index (χ0) is 10.6. The van der Waals surface area contributed by atoms with Crippen molar-refractivity contribution in [2.45, 2.75) is 26.4 Å². The summed E-state index contributed by atoms with van der Waals surface area (Å²) in [6.45, 7) is 3.82. The van der Waals surface area contributed by atoms with Gasteiger partial charge in [0.05, 0.1) is 6.10 Å². The number of aryl methyl sites for hydroxylation is 1. The lowest BCUT2D eigenvalue weighted by molar-refractivity contribution is 0.122. The molecule has 0 aromatic heterocycles. The van der Waals surface area contributed by atoms with E-state index >= 15 is 0 Å². The molecule has 0 fully saturated rings. The third-order valence-electron chi connectivity index (χ3n) is 1.88. The van der Waals surface area contributed by atoms with E-state index in [4.69, 9.17) is 9.84 Å². The molecule has 1 rings (SSSR count). The second-order valence-corrected chi connectivity index (χ2v) is 3.27. The Morgan fingerprint density at radius 3 is 2.79 bits per heavy atom. The maximum atomic E-state index is 12.8. The van der Waals surface area contributed by atoms with E-state index < -0.39 is 6.10 Å². The van der Waals surface area contributed by atoms with E-state index in [-0.39, 0.29) is 12.4 Å². The van der Waals surface area contributed by atoms with Gasteiger partial charge in [-0.1, -0.05) is 6.92 Å². The first-order valence-electron chi connectivity index (χ1n) is 4.72. The lowest BCUT2D eigenvalue weighted by Gasteiger charge is -2.11. The van der Waals surface area contributed by atoms with E-state index in [0.29, 0.717) is 12.2 Å². The highest BCUT2D eigenvalue weighted by atomic mass is 19.1. The van der Waals surface area contributed by atoms with Crippen molar-refractivity contribution < 1.29 is 14.2 Å². The molecule has 14 heavy (non-hydrogen) atoms. The predicted octanol–water partition coefficient (Wildman–Crippen LogP) is 2.15. The third-order valence-corrected chi connectivity index (χ3v) is 1.88. The van der Waals surface area contributed by atoms with E-state index in [1.54, 1.807) is 13.0 Å². The monoisotopic (exact) mass is 198 g/mol. The van der Waals surface area contributed by atoms with Crippen LogP contribution in [0.4, 0.5) is 4.39 Å². The number of hydrogen-bond acceptors (Lipinski definition) is 2. The van der Waals surface area contributed by atoms with Crippen LogP contribution in [0.15, 0.2) is 18.2 Å². The van der Waals surface area contributed by atoms with Gasteiger partial charge in [0.2, 0.25) is 0 Å². The van der Waals surface area contributed by atoms with Gasteiger partial charge < -0.3 is 9.84 Å². The van der Waals surface area contributed by atoms with Gasteiger partial charge in [-0.3, -0.25) is 0 Å². The van der Waals surface area contributed by atoms with Crippen molar-refractivity contribution in [3.05, 3.63) is 29.6 Å². The van der Waals surface area contributed by atoms with Crippen molar-refractivity contribution in [3.63, 3.8) is 0 Å². The lowest BCUT2D eigenvalue weighted by Crippen LogP contribution is -2.13. The molecule has 78 valence electrons. The highest BCUT2D eigenvalue weighted by Gasteiger charge is 2.04. The van der Waals surface area contributed by atoms with Gasteiger partial charge >= 0.3 is 0 Å². The van der Waals surface area contributed by atoms with Crippen LogP contribution < -0.4 is 4.74 Å². The maximum Gasteiger partial charge on any atom is 0.123 e. The fraction of sp³-hybridized carbons (Fsp3) is 0.455. The summed E-state index contributed by atoms with van der Waals surface area (Å²) in [6, 6.07) is 4.41. The van der Waals surface area contributed by atoms with Crippen molar-refractivity contribution >= 4 is 0 Å². The standard InChI is InChI=1S/C11H15FO2/c1-3-9-6-10(12)4-5-11(9)14-7-8(2)13/h4-6,8,13H,3,7H2,1-2H3. The minimum absolute atomic E-state index is 0.235. The first-order valence-corrected chi connectivity index (χ1v) is 4.72. The molecule has 0 aliphatic rings. The molecule has 1 N–H and O–H groups in total. The molecule has 3 heteroatoms. The summed E-state index contributed by atoms with van der Waals surface area (Å²) in [5.41, 5.74) is 0.825. The van der Waals surface area contributed by atoms with Crippen LogP contribution in [0.5, 0.6) is 5.75 Å². The molecule has 0 radical (unpaired) electrons. The smallest absolute Gasteiger partial charge is 0.123 e. The van der Waals surface area contributed by atoms with Crippen LogP contribution in [-0.4, -0.2) is 17.8 Å². The number of aliphatic hydroxyl groups is 1. The SMILES string of the molecule is CCc1cc(F)ccc1OCC(C)O. The molecule has 1 atom stereocenters. The molecule has 2 nitrogen and oxygen atoms in total. The van der Waals surface area contributed by atoms with E-state index in [2.05, 4.69) is 0 Å². The molecule has 0 heterocycles. The summed E-state index contributed by atoms with van der Waals surface area (Å²) in [7, 11) is 0. The fourth-order valence-corrected chi connectivity index (χ4v) is 1.18. The molecule has 0 bridgehead atoms. The molecule has 0 amide bonds. The second-order valence-electron chi connectivity index (χ2n) is 3.27. The van der Waals surface area contributed by atoms with Gasteiger partial charge in [-0.05, 0) is 37.1 Å². The highest BCUT2D eigenvalue weighted by Crippen LogP contribution is 2.20. The summed E-state index contributed by atoms with van der Waals surface area (Å²) < 4.78 is 18.2. The van der Waals surface area contributed by atoms with Crippen LogP contribution in [0, 0.1) is 5.82 Å². The van der Waals surface area contributed by atoms with Gasteiger partial charge in [0.15, 0.2) is 0 Å². The zero-order valence-corrected chi connectivity index (χ0v) is 8.46. The van der Waals surface area contributed by atoms with Gasteiger partial charge in [0.25, 0.3) is 0 Å². The molecule has 1 unspecified atom stereocenters. The van der Waals surface area contributed by atoms with E-state index in [9.17, 15) is 4.39 Å². The largest absolute Gasteiger partial charge is 0.491 e. The topological polar surface area (TPSA) is 29.5 Å². The predicted molar refractivity (Wildman–Crippen MR) is 53.0 cm³/mol. The normalized spacial score (nSPS) is 12.6. The van der Waals surface area contributed by atoms with E-state index in [1.807, 2.05) is 6.92 Å². The average Bonchev–Trinajstić information content (AvgIpc) is 2.15. The Balaban J connectivity index is 2.75. The first kappa shape index (κ1) is 11.0. The van der Waals surface area contributed by atoms with Crippen molar-refractivity contribution in [1.82, 2.24) is 0 Å². The molecule has 1 aromatic rings. The first-order chi connectivity index (χ1) is 6.63. The molecule has 0 saturated carbocycles. The fourth-order valence-electron chi connectivity index (χ4n) is 1.18. The second kappa shape index (κ2) is 4.96. The molecule has 0 spiro atoms. The number of aliphatic hydroxyl groups excluding tert-OH is 1. The van der Waals surface area contributed by atoms with Crippen LogP contribution in [0.2, 0.25) is 0 Å². The van der Waals surface area contributed by atoms with E-state index in [0.717, 1.165) is 5.56 Å². The van der Waals surface area contributed by atoms with E-state index in [1.165, 1.54) is 12.1 Å². The average molecular weight is 198 g/mol. The van der Waals surface area contributed by atoms with Crippen LogP contribution in [-0.2, 0) is 6.42 Å². The Morgan fingerprint density at radius 2 is 2.21 bits per heavy atom. The van der Waals surface area contributed by atoms with Crippen molar-refractivity contribution in [1.29, 1.82) is 0 Å². The number of hydrogen-bond donors (Lipinski definition) is 1. The molecule has 0 aliphatic heterocycles. The minimum Gasteiger partial charge on any atom is -0.491 e. The van der Waals surface area contributed by atoms with Gasteiger partial charge in [0, 0.05) is 0 Å². The van der Waals surface area contributed by atoms with Crippen molar-refractivity contribution in [2.75, 3.05) is 6.61 Å². The van der Waals surface area contributed by atoms with Crippen LogP contribution in [0.3, 0.4) is 0 Å². The van der Waals surface area contributed by atoms with Crippen LogP contribution in [0.25, 0.3) is 0 Å². The van der Waals surface area contributed by atoms with Gasteiger partial charge in [-0.2, -0.15) is 0 Å². The Hall–Kier alpha value is -1.09. The third kappa shape index (κ3) is 3.00. The lowest BCUT2D eigenvalue weighted by atomic mass is 10.1. The Bertz CT molecular complexity index is 297. The van der Waals surface area contributed by atoms with Gasteiger partial charge in [0.1, 0.15) is 18.2 Å². The molecular weight excluding hydrogens is 183 g/mol. The number of benzene rings is 1. The summed E-state index contributed by atoms with van der Waals surface area (Å²) >= 11 is 0. The Kier molecular flexibility index (Phi) is 3.89. The molecule has 0 aliphatic carbocycles. The molecule has 1 aromatic carbocycles. The summed E-state index contributed by atoms with van der Waals surface area (Å²) in [5, 5.41) is 9.03. The quantitative estimate of drug-likeness (QED) is 0.803.